The van der Waals surface area contributed by atoms with Crippen molar-refractivity contribution >= 4 is 11.8 Å². The van der Waals surface area contributed by atoms with E-state index in [4.69, 9.17) is 5.26 Å². The van der Waals surface area contributed by atoms with Crippen LogP contribution in [0.1, 0.15) is 26.2 Å². The van der Waals surface area contributed by atoms with Gasteiger partial charge in [0.1, 0.15) is 0 Å². The smallest absolute Gasteiger partial charge is 0.227 e. The fourth-order valence-corrected chi connectivity index (χ4v) is 1.72. The largest absolute Gasteiger partial charge is 0.355 e. The van der Waals surface area contributed by atoms with Crippen LogP contribution in [-0.2, 0) is 9.59 Å². The van der Waals surface area contributed by atoms with Crippen molar-refractivity contribution in [1.29, 1.82) is 5.26 Å². The molecule has 0 aromatic rings. The van der Waals surface area contributed by atoms with Gasteiger partial charge in [0, 0.05) is 26.1 Å². The highest BCUT2D eigenvalue weighted by Gasteiger charge is 2.28. The van der Waals surface area contributed by atoms with E-state index in [-0.39, 0.29) is 23.8 Å². The number of nitriles is 1. The predicted octanol–water partition coefficient (Wildman–Crippen LogP) is 0.273. The minimum Gasteiger partial charge on any atom is -0.355 e. The van der Waals surface area contributed by atoms with Gasteiger partial charge in [-0.25, -0.2) is 0 Å². The van der Waals surface area contributed by atoms with Crippen LogP contribution in [0.2, 0.25) is 0 Å². The molecule has 1 saturated heterocycles. The van der Waals surface area contributed by atoms with Crippen molar-refractivity contribution in [3.63, 3.8) is 0 Å². The first-order valence-corrected chi connectivity index (χ1v) is 5.46. The van der Waals surface area contributed by atoms with E-state index in [0.29, 0.717) is 25.8 Å². The van der Waals surface area contributed by atoms with Crippen molar-refractivity contribution < 1.29 is 9.59 Å². The summed E-state index contributed by atoms with van der Waals surface area (Å²) in [6.45, 7) is 2.27. The van der Waals surface area contributed by atoms with E-state index in [9.17, 15) is 9.59 Å². The highest BCUT2D eigenvalue weighted by Crippen LogP contribution is 2.15. The molecule has 0 aliphatic carbocycles. The van der Waals surface area contributed by atoms with Crippen LogP contribution < -0.4 is 5.32 Å². The fourth-order valence-electron chi connectivity index (χ4n) is 1.72. The Bertz CT molecular complexity index is 312. The molecule has 5 heteroatoms. The topological polar surface area (TPSA) is 73.2 Å². The monoisotopic (exact) mass is 223 g/mol. The maximum Gasteiger partial charge on any atom is 0.227 e. The lowest BCUT2D eigenvalue weighted by Crippen LogP contribution is -2.46. The molecule has 1 aliphatic rings. The van der Waals surface area contributed by atoms with E-state index in [1.807, 2.05) is 13.0 Å². The Balaban J connectivity index is 2.51. The molecule has 0 saturated carbocycles. The molecule has 2 atom stereocenters. The summed E-state index contributed by atoms with van der Waals surface area (Å²) in [6, 6.07) is 1.98. The molecule has 1 fully saturated rings. The summed E-state index contributed by atoms with van der Waals surface area (Å²) in [6.07, 6.45) is 1.35. The number of nitrogens with one attached hydrogen (secondary N) is 1. The number of rotatable bonds is 3. The van der Waals surface area contributed by atoms with E-state index >= 15 is 0 Å². The van der Waals surface area contributed by atoms with Crippen LogP contribution in [0.25, 0.3) is 0 Å². The molecule has 1 rings (SSSR count). The molecular weight excluding hydrogens is 206 g/mol. The lowest BCUT2D eigenvalue weighted by molar-refractivity contribution is -0.137. The van der Waals surface area contributed by atoms with Crippen molar-refractivity contribution in [2.24, 2.45) is 5.92 Å². The Morgan fingerprint density at radius 1 is 1.75 bits per heavy atom. The van der Waals surface area contributed by atoms with Crippen LogP contribution in [0.5, 0.6) is 0 Å². The van der Waals surface area contributed by atoms with Crippen LogP contribution in [0.3, 0.4) is 0 Å². The third-order valence-corrected chi connectivity index (χ3v) is 3.01. The molecule has 1 aliphatic heterocycles. The van der Waals surface area contributed by atoms with Crippen molar-refractivity contribution in [2.75, 3.05) is 13.6 Å². The molecule has 88 valence electrons. The molecule has 1 heterocycles. The van der Waals surface area contributed by atoms with E-state index in [2.05, 4.69) is 5.32 Å². The second-order valence-electron chi connectivity index (χ2n) is 4.20. The summed E-state index contributed by atoms with van der Waals surface area (Å²) in [5, 5.41) is 11.3. The van der Waals surface area contributed by atoms with Gasteiger partial charge in [0.25, 0.3) is 0 Å². The summed E-state index contributed by atoms with van der Waals surface area (Å²) >= 11 is 0. The second kappa shape index (κ2) is 5.50. The van der Waals surface area contributed by atoms with Gasteiger partial charge in [-0.2, -0.15) is 5.26 Å². The minimum absolute atomic E-state index is 0.0109. The number of piperidine rings is 1. The Labute approximate surface area is 95.4 Å². The second-order valence-corrected chi connectivity index (χ2v) is 4.20. The van der Waals surface area contributed by atoms with E-state index in [0.717, 1.165) is 0 Å². The van der Waals surface area contributed by atoms with Gasteiger partial charge in [0.2, 0.25) is 11.8 Å². The third-order valence-electron chi connectivity index (χ3n) is 3.01. The number of amides is 2. The molecule has 2 amide bonds. The summed E-state index contributed by atoms with van der Waals surface area (Å²) in [7, 11) is 1.71. The van der Waals surface area contributed by atoms with Gasteiger partial charge in [-0.15, -0.1) is 0 Å². The van der Waals surface area contributed by atoms with Gasteiger partial charge < -0.3 is 10.2 Å². The lowest BCUT2D eigenvalue weighted by atomic mass is 9.97. The van der Waals surface area contributed by atoms with Gasteiger partial charge in [-0.05, 0) is 13.3 Å². The van der Waals surface area contributed by atoms with E-state index in [1.165, 1.54) is 0 Å². The van der Waals surface area contributed by atoms with Crippen LogP contribution in [0.4, 0.5) is 0 Å². The number of carbonyl (C=O) groups excluding carboxylic acids is 2. The number of carbonyl (C=O) groups is 2. The molecule has 5 nitrogen and oxygen atoms in total. The van der Waals surface area contributed by atoms with Crippen LogP contribution in [0, 0.1) is 17.2 Å². The summed E-state index contributed by atoms with van der Waals surface area (Å²) in [4.78, 5) is 24.5. The van der Waals surface area contributed by atoms with E-state index in [1.54, 1.807) is 11.9 Å². The quantitative estimate of drug-likeness (QED) is 0.746. The van der Waals surface area contributed by atoms with Crippen LogP contribution in [0.15, 0.2) is 0 Å². The zero-order valence-corrected chi connectivity index (χ0v) is 9.69. The van der Waals surface area contributed by atoms with Gasteiger partial charge in [-0.1, -0.05) is 0 Å². The summed E-state index contributed by atoms with van der Waals surface area (Å²) < 4.78 is 0. The van der Waals surface area contributed by atoms with Crippen molar-refractivity contribution in [3.8, 4) is 6.07 Å². The highest BCUT2D eigenvalue weighted by atomic mass is 16.2. The number of hydrogen-bond acceptors (Lipinski definition) is 3. The Morgan fingerprint density at radius 3 is 2.94 bits per heavy atom. The van der Waals surface area contributed by atoms with Gasteiger partial charge in [0.05, 0.1) is 18.4 Å². The average molecular weight is 223 g/mol. The van der Waals surface area contributed by atoms with Crippen LogP contribution in [-0.4, -0.2) is 36.3 Å². The number of hydrogen-bond donors (Lipinski definition) is 1. The Kier molecular flexibility index (Phi) is 4.29. The molecule has 16 heavy (non-hydrogen) atoms. The first kappa shape index (κ1) is 12.5. The normalized spacial score (nSPS) is 21.8. The third kappa shape index (κ3) is 2.96. The SMILES string of the molecule is CC(CC#N)N(C)C(=O)C1CCC(=O)NC1. The minimum atomic E-state index is -0.135. The van der Waals surface area contributed by atoms with Gasteiger partial charge in [0.15, 0.2) is 0 Å². The molecule has 0 aromatic carbocycles. The molecule has 0 aromatic heterocycles. The zero-order chi connectivity index (χ0) is 12.1. The lowest BCUT2D eigenvalue weighted by Gasteiger charge is -2.29. The average Bonchev–Trinajstić information content (AvgIpc) is 2.28. The maximum absolute atomic E-state index is 12.0. The van der Waals surface area contributed by atoms with Crippen LogP contribution >= 0.6 is 0 Å². The molecule has 2 unspecified atom stereocenters. The summed E-state index contributed by atoms with van der Waals surface area (Å²) in [5.74, 6) is -0.108. The molecule has 0 radical (unpaired) electrons. The van der Waals surface area contributed by atoms with Crippen molar-refractivity contribution in [3.05, 3.63) is 0 Å². The van der Waals surface area contributed by atoms with Gasteiger partial charge in [-0.3, -0.25) is 9.59 Å². The first-order valence-electron chi connectivity index (χ1n) is 5.46. The van der Waals surface area contributed by atoms with E-state index < -0.39 is 0 Å². The predicted molar refractivity (Wildman–Crippen MR) is 58.2 cm³/mol. The molecule has 0 bridgehead atoms. The Hall–Kier alpha value is -1.57. The first-order chi connectivity index (χ1) is 7.56. The summed E-state index contributed by atoms with van der Waals surface area (Å²) in [5.41, 5.74) is 0. The number of nitrogens with zero attached hydrogens (tertiary/aromatic N) is 2. The highest BCUT2D eigenvalue weighted by molar-refractivity contribution is 5.83. The zero-order valence-electron chi connectivity index (χ0n) is 9.69. The standard InChI is InChI=1S/C11H17N3O2/c1-8(5-6-12)14(2)11(16)9-3-4-10(15)13-7-9/h8-9H,3-5,7H2,1-2H3,(H,13,15). The molecule has 0 spiro atoms. The molecule has 1 N–H and O–H groups in total. The van der Waals surface area contributed by atoms with Crippen molar-refractivity contribution in [2.45, 2.75) is 32.2 Å². The fraction of sp³-hybridized carbons (Fsp3) is 0.727. The van der Waals surface area contributed by atoms with Crippen molar-refractivity contribution in [1.82, 2.24) is 10.2 Å². The maximum atomic E-state index is 12.0. The Morgan fingerprint density at radius 2 is 2.44 bits per heavy atom. The van der Waals surface area contributed by atoms with Gasteiger partial charge >= 0.3 is 0 Å². The molecular formula is C11H17N3O2.